The lowest BCUT2D eigenvalue weighted by molar-refractivity contribution is 0.0342. The molecule has 0 heterocycles. The lowest BCUT2D eigenvalue weighted by Gasteiger charge is -2.16. The second-order valence-corrected chi connectivity index (χ2v) is 5.95. The number of aliphatic hydroxyl groups excluding tert-OH is 2. The summed E-state index contributed by atoms with van der Waals surface area (Å²) < 4.78 is 0. The summed E-state index contributed by atoms with van der Waals surface area (Å²) >= 11 is 4.83. The van der Waals surface area contributed by atoms with Crippen LogP contribution in [0.15, 0.2) is 64.4 Å². The minimum atomic E-state index is -0.852. The van der Waals surface area contributed by atoms with E-state index in [0.717, 1.165) is 10.5 Å². The molecule has 0 aliphatic rings. The van der Waals surface area contributed by atoms with E-state index in [2.05, 4.69) is 28.1 Å². The van der Waals surface area contributed by atoms with Crippen LogP contribution in [0.25, 0.3) is 0 Å². The maximum absolute atomic E-state index is 9.88. The minimum Gasteiger partial charge on any atom is -0.389 e. The number of aliphatic hydroxyl groups is 2. The quantitative estimate of drug-likeness (QED) is 0.818. The SMILES string of the molecule is OC(CBr)C(O)c1ccc(Sc2ccccc2)cc1. The van der Waals surface area contributed by atoms with E-state index in [4.69, 9.17) is 0 Å². The molecular weight excluding hydrogens is 324 g/mol. The Balaban J connectivity index is 2.06. The van der Waals surface area contributed by atoms with Crippen molar-refractivity contribution in [2.24, 2.45) is 0 Å². The second-order valence-electron chi connectivity index (χ2n) is 4.15. The Labute approximate surface area is 125 Å². The first-order chi connectivity index (χ1) is 9.20. The summed E-state index contributed by atoms with van der Waals surface area (Å²) in [6.07, 6.45) is -1.64. The van der Waals surface area contributed by atoms with Crippen LogP contribution in [-0.4, -0.2) is 21.6 Å². The zero-order valence-corrected chi connectivity index (χ0v) is 12.6. The van der Waals surface area contributed by atoms with Crippen molar-refractivity contribution >= 4 is 27.7 Å². The smallest absolute Gasteiger partial charge is 0.106 e. The van der Waals surface area contributed by atoms with E-state index in [9.17, 15) is 10.2 Å². The van der Waals surface area contributed by atoms with Crippen molar-refractivity contribution in [3.05, 3.63) is 60.2 Å². The molecule has 0 amide bonds. The van der Waals surface area contributed by atoms with Gasteiger partial charge >= 0.3 is 0 Å². The fraction of sp³-hybridized carbons (Fsp3) is 0.200. The van der Waals surface area contributed by atoms with Gasteiger partial charge in [-0.25, -0.2) is 0 Å². The van der Waals surface area contributed by atoms with E-state index in [1.807, 2.05) is 42.5 Å². The molecule has 0 aromatic heterocycles. The monoisotopic (exact) mass is 338 g/mol. The van der Waals surface area contributed by atoms with Gasteiger partial charge in [0.2, 0.25) is 0 Å². The molecule has 0 fully saturated rings. The molecule has 0 saturated heterocycles. The number of halogens is 1. The van der Waals surface area contributed by atoms with Gasteiger partial charge < -0.3 is 10.2 Å². The highest BCUT2D eigenvalue weighted by atomic mass is 79.9. The van der Waals surface area contributed by atoms with Crippen LogP contribution in [0.2, 0.25) is 0 Å². The average molecular weight is 339 g/mol. The van der Waals surface area contributed by atoms with Gasteiger partial charge in [0.05, 0.1) is 6.10 Å². The van der Waals surface area contributed by atoms with Crippen LogP contribution >= 0.6 is 27.7 Å². The fourth-order valence-electron chi connectivity index (χ4n) is 1.66. The van der Waals surface area contributed by atoms with Crippen molar-refractivity contribution in [1.29, 1.82) is 0 Å². The van der Waals surface area contributed by atoms with Crippen molar-refractivity contribution in [1.82, 2.24) is 0 Å². The van der Waals surface area contributed by atoms with Crippen molar-refractivity contribution < 1.29 is 10.2 Å². The highest BCUT2D eigenvalue weighted by Gasteiger charge is 2.16. The zero-order valence-electron chi connectivity index (χ0n) is 10.2. The molecule has 0 saturated carbocycles. The van der Waals surface area contributed by atoms with E-state index in [0.29, 0.717) is 5.33 Å². The molecule has 0 bridgehead atoms. The summed E-state index contributed by atoms with van der Waals surface area (Å²) in [7, 11) is 0. The Morgan fingerprint density at radius 1 is 0.895 bits per heavy atom. The van der Waals surface area contributed by atoms with Crippen molar-refractivity contribution in [3.8, 4) is 0 Å². The maximum atomic E-state index is 9.88. The van der Waals surface area contributed by atoms with Gasteiger partial charge in [-0.05, 0) is 29.8 Å². The second kappa shape index (κ2) is 7.10. The van der Waals surface area contributed by atoms with Crippen LogP contribution in [0.5, 0.6) is 0 Å². The number of benzene rings is 2. The first-order valence-corrected chi connectivity index (χ1v) is 7.89. The standard InChI is InChI=1S/C15H15BrO2S/c16-10-14(17)15(18)11-6-8-13(9-7-11)19-12-4-2-1-3-5-12/h1-9,14-15,17-18H,10H2. The van der Waals surface area contributed by atoms with Crippen LogP contribution in [-0.2, 0) is 0 Å². The van der Waals surface area contributed by atoms with Gasteiger partial charge in [0.15, 0.2) is 0 Å². The summed E-state index contributed by atoms with van der Waals surface area (Å²) in [5.74, 6) is 0. The normalized spacial score (nSPS) is 14.1. The molecule has 0 aliphatic heterocycles. The Bertz CT molecular complexity index is 501. The number of hydrogen-bond acceptors (Lipinski definition) is 3. The largest absolute Gasteiger partial charge is 0.389 e. The van der Waals surface area contributed by atoms with E-state index in [1.165, 1.54) is 4.90 Å². The molecule has 2 unspecified atom stereocenters. The topological polar surface area (TPSA) is 40.5 Å². The van der Waals surface area contributed by atoms with Crippen molar-refractivity contribution in [2.75, 3.05) is 5.33 Å². The molecule has 0 spiro atoms. The number of rotatable bonds is 5. The molecule has 0 aliphatic carbocycles. The third-order valence-electron chi connectivity index (χ3n) is 2.72. The highest BCUT2D eigenvalue weighted by molar-refractivity contribution is 9.09. The molecule has 0 radical (unpaired) electrons. The van der Waals surface area contributed by atoms with E-state index >= 15 is 0 Å². The Kier molecular flexibility index (Phi) is 5.45. The van der Waals surface area contributed by atoms with Gasteiger partial charge in [-0.2, -0.15) is 0 Å². The first-order valence-electron chi connectivity index (χ1n) is 5.95. The predicted molar refractivity (Wildman–Crippen MR) is 81.8 cm³/mol. The highest BCUT2D eigenvalue weighted by Crippen LogP contribution is 2.28. The lowest BCUT2D eigenvalue weighted by Crippen LogP contribution is -2.19. The molecular formula is C15H15BrO2S. The van der Waals surface area contributed by atoms with Crippen LogP contribution in [0.1, 0.15) is 11.7 Å². The Morgan fingerprint density at radius 2 is 1.47 bits per heavy atom. The third kappa shape index (κ3) is 4.08. The molecule has 19 heavy (non-hydrogen) atoms. The van der Waals surface area contributed by atoms with Gasteiger partial charge in [0.25, 0.3) is 0 Å². The zero-order chi connectivity index (χ0) is 13.7. The Hall–Kier alpha value is -0.810. The Morgan fingerprint density at radius 3 is 2.05 bits per heavy atom. The summed E-state index contributed by atoms with van der Waals surface area (Å²) in [5.41, 5.74) is 0.726. The summed E-state index contributed by atoms with van der Waals surface area (Å²) in [6, 6.07) is 17.7. The third-order valence-corrected chi connectivity index (χ3v) is 4.40. The molecule has 2 N–H and O–H groups in total. The van der Waals surface area contributed by atoms with Crippen LogP contribution in [0.3, 0.4) is 0 Å². The molecule has 2 aromatic carbocycles. The number of hydrogen-bond donors (Lipinski definition) is 2. The molecule has 4 heteroatoms. The summed E-state index contributed by atoms with van der Waals surface area (Å²) in [5, 5.41) is 19.8. The number of alkyl halides is 1. The van der Waals surface area contributed by atoms with Gasteiger partial charge in [-0.1, -0.05) is 58.0 Å². The van der Waals surface area contributed by atoms with Crippen LogP contribution < -0.4 is 0 Å². The van der Waals surface area contributed by atoms with Gasteiger partial charge in [0, 0.05) is 15.1 Å². The first kappa shape index (κ1) is 14.6. The summed E-state index contributed by atoms with van der Waals surface area (Å²) in [4.78, 5) is 2.28. The van der Waals surface area contributed by atoms with E-state index in [-0.39, 0.29) is 0 Å². The fourth-order valence-corrected chi connectivity index (χ4v) is 2.86. The molecule has 2 rings (SSSR count). The van der Waals surface area contributed by atoms with Crippen molar-refractivity contribution in [2.45, 2.75) is 22.0 Å². The minimum absolute atomic E-state index is 0.356. The van der Waals surface area contributed by atoms with Gasteiger partial charge in [-0.15, -0.1) is 0 Å². The maximum Gasteiger partial charge on any atom is 0.106 e. The van der Waals surface area contributed by atoms with Crippen LogP contribution in [0.4, 0.5) is 0 Å². The molecule has 2 atom stereocenters. The van der Waals surface area contributed by atoms with E-state index < -0.39 is 12.2 Å². The van der Waals surface area contributed by atoms with Crippen molar-refractivity contribution in [3.63, 3.8) is 0 Å². The van der Waals surface area contributed by atoms with Gasteiger partial charge in [0.1, 0.15) is 6.10 Å². The van der Waals surface area contributed by atoms with Gasteiger partial charge in [-0.3, -0.25) is 0 Å². The molecule has 100 valence electrons. The predicted octanol–water partition coefficient (Wildman–Crippen LogP) is 3.63. The molecule has 2 aromatic rings. The average Bonchev–Trinajstić information content (AvgIpc) is 2.47. The summed E-state index contributed by atoms with van der Waals surface area (Å²) in [6.45, 7) is 0. The molecule has 2 nitrogen and oxygen atoms in total. The van der Waals surface area contributed by atoms with E-state index in [1.54, 1.807) is 11.8 Å². The lowest BCUT2D eigenvalue weighted by atomic mass is 10.1. The van der Waals surface area contributed by atoms with Crippen LogP contribution in [0, 0.1) is 0 Å².